The molecule has 0 saturated carbocycles. The minimum absolute atomic E-state index is 0.273. The Morgan fingerprint density at radius 2 is 1.85 bits per heavy atom. The number of aromatic nitrogens is 1. The van der Waals surface area contributed by atoms with E-state index in [0.29, 0.717) is 40.6 Å². The monoisotopic (exact) mass is 471 g/mol. The summed E-state index contributed by atoms with van der Waals surface area (Å²) in [4.78, 5) is 30.7. The predicted octanol–water partition coefficient (Wildman–Crippen LogP) is 5.42. The zero-order valence-electron chi connectivity index (χ0n) is 18.5. The Morgan fingerprint density at radius 3 is 2.65 bits per heavy atom. The number of nitrogens with zero attached hydrogens (tertiary/aromatic N) is 1. The van der Waals surface area contributed by atoms with Crippen molar-refractivity contribution in [3.63, 3.8) is 0 Å². The molecule has 4 aromatic rings. The zero-order valence-corrected chi connectivity index (χ0v) is 19.3. The molecule has 1 aromatic heterocycles. The maximum atomic E-state index is 12.8. The summed E-state index contributed by atoms with van der Waals surface area (Å²) in [6.45, 7) is 4.03. The second-order valence-electron chi connectivity index (χ2n) is 8.04. The van der Waals surface area contributed by atoms with Crippen LogP contribution in [0, 0.1) is 13.8 Å². The fourth-order valence-electron chi connectivity index (χ4n) is 3.78. The number of nitrogens with one attached hydrogen (secondary N) is 2. The molecule has 34 heavy (non-hydrogen) atoms. The first kappa shape index (κ1) is 21.7. The number of hydrogen-bond donors (Lipinski definition) is 3. The second kappa shape index (κ2) is 8.64. The average molecular weight is 472 g/mol. The van der Waals surface area contributed by atoms with Crippen molar-refractivity contribution < 1.29 is 19.4 Å². The number of phenols is 1. The maximum absolute atomic E-state index is 12.8. The van der Waals surface area contributed by atoms with Crippen molar-refractivity contribution in [1.29, 1.82) is 0 Å². The van der Waals surface area contributed by atoms with E-state index in [-0.39, 0.29) is 11.8 Å². The molecule has 2 heterocycles. The highest BCUT2D eigenvalue weighted by Crippen LogP contribution is 2.36. The highest BCUT2D eigenvalue weighted by molar-refractivity contribution is 7.15. The summed E-state index contributed by atoms with van der Waals surface area (Å²) in [6, 6.07) is 15.7. The van der Waals surface area contributed by atoms with Crippen molar-refractivity contribution in [2.75, 3.05) is 5.32 Å². The number of aromatic hydroxyl groups is 1. The number of rotatable bonds is 4. The quantitative estimate of drug-likeness (QED) is 0.369. The largest absolute Gasteiger partial charge is 0.507 e. The van der Waals surface area contributed by atoms with E-state index in [4.69, 9.17) is 4.74 Å². The Bertz CT molecular complexity index is 1420. The van der Waals surface area contributed by atoms with E-state index >= 15 is 0 Å². The first-order valence-electron chi connectivity index (χ1n) is 10.6. The molecule has 170 valence electrons. The van der Waals surface area contributed by atoms with E-state index in [1.807, 2.05) is 26.0 Å². The molecule has 3 N–H and O–H groups in total. The van der Waals surface area contributed by atoms with E-state index in [1.165, 1.54) is 11.3 Å². The predicted molar refractivity (Wildman–Crippen MR) is 131 cm³/mol. The first-order valence-corrected chi connectivity index (χ1v) is 11.5. The number of benzene rings is 3. The standard InChI is InChI=1S/C26H21N3O4S/c1-14-9-17(10-15(2)23(14)30)26-28-13-18(34-26)12-27-24(31)16-7-8-22-20(11-16)29-25(32)19-5-3-4-6-21(19)33-22/h3-11,13,30H,12H2,1-2H3,(H,27,31)(H,29,32). The minimum Gasteiger partial charge on any atom is -0.507 e. The van der Waals surface area contributed by atoms with Gasteiger partial charge in [-0.15, -0.1) is 11.3 Å². The number of hydrogen-bond acceptors (Lipinski definition) is 6. The van der Waals surface area contributed by atoms with E-state index in [9.17, 15) is 14.7 Å². The average Bonchev–Trinajstić information content (AvgIpc) is 3.25. The molecule has 0 atom stereocenters. The van der Waals surface area contributed by atoms with Crippen molar-refractivity contribution in [3.05, 3.63) is 87.9 Å². The summed E-state index contributed by atoms with van der Waals surface area (Å²) in [5, 5.41) is 16.5. The molecular weight excluding hydrogens is 450 g/mol. The van der Waals surface area contributed by atoms with Crippen LogP contribution in [0.1, 0.15) is 36.7 Å². The van der Waals surface area contributed by atoms with Gasteiger partial charge in [-0.3, -0.25) is 9.59 Å². The van der Waals surface area contributed by atoms with Crippen LogP contribution >= 0.6 is 11.3 Å². The molecule has 0 unspecified atom stereocenters. The number of fused-ring (bicyclic) bond motifs is 2. The van der Waals surface area contributed by atoms with Gasteiger partial charge < -0.3 is 20.5 Å². The summed E-state index contributed by atoms with van der Waals surface area (Å²) in [7, 11) is 0. The first-order chi connectivity index (χ1) is 16.4. The molecule has 0 spiro atoms. The summed E-state index contributed by atoms with van der Waals surface area (Å²) in [5.74, 6) is 0.672. The SMILES string of the molecule is Cc1cc(-c2ncc(CNC(=O)c3ccc4c(c3)NC(=O)c3ccccc3O4)s2)cc(C)c1O. The number of ether oxygens (including phenoxy) is 1. The third-order valence-electron chi connectivity index (χ3n) is 5.56. The van der Waals surface area contributed by atoms with Gasteiger partial charge in [-0.25, -0.2) is 4.98 Å². The minimum atomic E-state index is -0.288. The van der Waals surface area contributed by atoms with E-state index < -0.39 is 0 Å². The Kier molecular flexibility index (Phi) is 5.51. The number of para-hydroxylation sites is 1. The Labute approximate surface area is 200 Å². The number of anilines is 1. The molecule has 1 aliphatic heterocycles. The van der Waals surface area contributed by atoms with Gasteiger partial charge in [0.15, 0.2) is 5.75 Å². The van der Waals surface area contributed by atoms with Crippen LogP contribution in [0.3, 0.4) is 0 Å². The highest BCUT2D eigenvalue weighted by atomic mass is 32.1. The Hall–Kier alpha value is -4.17. The van der Waals surface area contributed by atoms with Crippen LogP contribution in [0.25, 0.3) is 10.6 Å². The lowest BCUT2D eigenvalue weighted by Gasteiger charge is -2.10. The summed E-state index contributed by atoms with van der Waals surface area (Å²) in [5.41, 5.74) is 3.79. The van der Waals surface area contributed by atoms with Crippen LogP contribution in [0.4, 0.5) is 5.69 Å². The third-order valence-corrected chi connectivity index (χ3v) is 6.60. The van der Waals surface area contributed by atoms with Crippen LogP contribution in [0.2, 0.25) is 0 Å². The number of aryl methyl sites for hydroxylation is 2. The summed E-state index contributed by atoms with van der Waals surface area (Å²) >= 11 is 1.48. The fourth-order valence-corrected chi connectivity index (χ4v) is 4.62. The topological polar surface area (TPSA) is 101 Å². The van der Waals surface area contributed by atoms with Gasteiger partial charge in [0.05, 0.1) is 17.8 Å². The normalized spacial score (nSPS) is 12.1. The summed E-state index contributed by atoms with van der Waals surface area (Å²) in [6.07, 6.45) is 1.74. The van der Waals surface area contributed by atoms with Crippen LogP contribution < -0.4 is 15.4 Å². The van der Waals surface area contributed by atoms with Gasteiger partial charge in [-0.1, -0.05) is 12.1 Å². The molecule has 0 bridgehead atoms. The number of thiazole rings is 1. The molecule has 7 nitrogen and oxygen atoms in total. The molecule has 5 rings (SSSR count). The summed E-state index contributed by atoms with van der Waals surface area (Å²) < 4.78 is 5.87. The number of phenolic OH excluding ortho intramolecular Hbond substituents is 1. The van der Waals surface area contributed by atoms with Gasteiger partial charge in [0.25, 0.3) is 11.8 Å². The van der Waals surface area contributed by atoms with E-state index in [1.54, 1.807) is 48.7 Å². The molecule has 1 aliphatic rings. The molecule has 8 heteroatoms. The molecular formula is C26H21N3O4S. The lowest BCUT2D eigenvalue weighted by Crippen LogP contribution is -2.22. The fraction of sp³-hybridized carbons (Fsp3) is 0.115. The van der Waals surface area contributed by atoms with Crippen molar-refractivity contribution in [3.8, 4) is 27.8 Å². The van der Waals surface area contributed by atoms with Crippen molar-refractivity contribution >= 4 is 28.8 Å². The van der Waals surface area contributed by atoms with Gasteiger partial charge in [0.1, 0.15) is 16.5 Å². The molecule has 0 aliphatic carbocycles. The zero-order chi connectivity index (χ0) is 23.8. The van der Waals surface area contributed by atoms with Crippen molar-refractivity contribution in [2.24, 2.45) is 0 Å². The molecule has 0 fully saturated rings. The number of carbonyl (C=O) groups excluding carboxylic acids is 2. The smallest absolute Gasteiger partial charge is 0.259 e. The van der Waals surface area contributed by atoms with Gasteiger partial charge in [0, 0.05) is 22.2 Å². The van der Waals surface area contributed by atoms with Crippen molar-refractivity contribution in [1.82, 2.24) is 10.3 Å². The Balaban J connectivity index is 1.29. The van der Waals surface area contributed by atoms with Gasteiger partial charge in [0.2, 0.25) is 0 Å². The number of amides is 2. The lowest BCUT2D eigenvalue weighted by atomic mass is 10.1. The molecule has 0 saturated heterocycles. The molecule has 3 aromatic carbocycles. The third kappa shape index (κ3) is 4.11. The van der Waals surface area contributed by atoms with Gasteiger partial charge in [-0.2, -0.15) is 0 Å². The van der Waals surface area contributed by atoms with Crippen LogP contribution in [0.5, 0.6) is 17.2 Å². The lowest BCUT2D eigenvalue weighted by molar-refractivity contribution is 0.0950. The van der Waals surface area contributed by atoms with Crippen molar-refractivity contribution in [2.45, 2.75) is 20.4 Å². The molecule has 2 amide bonds. The molecule has 0 radical (unpaired) electrons. The Morgan fingerprint density at radius 1 is 1.09 bits per heavy atom. The van der Waals surface area contributed by atoms with Crippen LogP contribution in [0.15, 0.2) is 60.8 Å². The van der Waals surface area contributed by atoms with Gasteiger partial charge >= 0.3 is 0 Å². The van der Waals surface area contributed by atoms with Crippen LogP contribution in [-0.4, -0.2) is 21.9 Å². The second-order valence-corrected chi connectivity index (χ2v) is 9.15. The van der Waals surface area contributed by atoms with Gasteiger partial charge in [-0.05, 0) is 67.4 Å². The number of carbonyl (C=O) groups is 2. The van der Waals surface area contributed by atoms with E-state index in [2.05, 4.69) is 15.6 Å². The maximum Gasteiger partial charge on any atom is 0.259 e. The van der Waals surface area contributed by atoms with E-state index in [0.717, 1.165) is 26.6 Å². The highest BCUT2D eigenvalue weighted by Gasteiger charge is 2.21. The van der Waals surface area contributed by atoms with Crippen LogP contribution in [-0.2, 0) is 6.54 Å².